The maximum absolute atomic E-state index is 10.9. The van der Waals surface area contributed by atoms with Crippen LogP contribution < -0.4 is 4.74 Å². The molecule has 92 valence electrons. The molecular formula is C11H8ClN3O3. The Kier molecular flexibility index (Phi) is 3.38. The largest absolute Gasteiger partial charge is 0.431 e. The second-order valence-corrected chi connectivity index (χ2v) is 3.78. The average molecular weight is 266 g/mol. The van der Waals surface area contributed by atoms with Crippen LogP contribution in [0, 0.1) is 17.0 Å². The molecule has 7 heteroatoms. The molecule has 0 unspecified atom stereocenters. The van der Waals surface area contributed by atoms with Crippen LogP contribution in [-0.4, -0.2) is 14.9 Å². The Bertz CT molecular complexity index is 604. The summed E-state index contributed by atoms with van der Waals surface area (Å²) in [5.41, 5.74) is 0.517. The van der Waals surface area contributed by atoms with Gasteiger partial charge < -0.3 is 4.74 Å². The van der Waals surface area contributed by atoms with Crippen molar-refractivity contribution in [3.8, 4) is 11.6 Å². The zero-order chi connectivity index (χ0) is 13.1. The van der Waals surface area contributed by atoms with Crippen molar-refractivity contribution in [2.45, 2.75) is 6.92 Å². The molecule has 2 rings (SSSR count). The van der Waals surface area contributed by atoms with Crippen LogP contribution >= 0.6 is 11.6 Å². The van der Waals surface area contributed by atoms with Crippen molar-refractivity contribution in [2.24, 2.45) is 0 Å². The molecule has 6 nitrogen and oxygen atoms in total. The van der Waals surface area contributed by atoms with Gasteiger partial charge in [0.1, 0.15) is 0 Å². The van der Waals surface area contributed by atoms with Gasteiger partial charge in [0.15, 0.2) is 0 Å². The predicted molar refractivity (Wildman–Crippen MR) is 64.9 cm³/mol. The lowest BCUT2D eigenvalue weighted by Gasteiger charge is -2.07. The molecule has 0 atom stereocenters. The molecule has 1 heterocycles. The number of rotatable bonds is 3. The standard InChI is InChI=1S/C11H8ClN3O3/c1-7-3-2-4-8(15(16)17)10(7)18-9-5-6-13-11(12)14-9/h2-6H,1H3. The fourth-order valence-electron chi connectivity index (χ4n) is 1.39. The second-order valence-electron chi connectivity index (χ2n) is 3.45. The van der Waals surface area contributed by atoms with Crippen molar-refractivity contribution in [1.29, 1.82) is 0 Å². The van der Waals surface area contributed by atoms with Crippen LogP contribution in [0.25, 0.3) is 0 Å². The van der Waals surface area contributed by atoms with Crippen LogP contribution in [0.5, 0.6) is 11.6 Å². The van der Waals surface area contributed by atoms with Crippen LogP contribution in [0.4, 0.5) is 5.69 Å². The van der Waals surface area contributed by atoms with E-state index in [9.17, 15) is 10.1 Å². The van der Waals surface area contributed by atoms with Crippen molar-refractivity contribution in [3.05, 3.63) is 51.4 Å². The Balaban J connectivity index is 2.42. The highest BCUT2D eigenvalue weighted by Gasteiger charge is 2.18. The molecule has 0 aliphatic heterocycles. The first-order valence-electron chi connectivity index (χ1n) is 4.98. The number of halogens is 1. The van der Waals surface area contributed by atoms with Gasteiger partial charge in [0.2, 0.25) is 16.9 Å². The number of nitro groups is 1. The van der Waals surface area contributed by atoms with Crippen molar-refractivity contribution in [1.82, 2.24) is 9.97 Å². The fourth-order valence-corrected chi connectivity index (χ4v) is 1.53. The lowest BCUT2D eigenvalue weighted by molar-refractivity contribution is -0.385. The van der Waals surface area contributed by atoms with E-state index >= 15 is 0 Å². The van der Waals surface area contributed by atoms with Crippen LogP contribution in [-0.2, 0) is 0 Å². The number of nitrogens with zero attached hydrogens (tertiary/aromatic N) is 3. The molecular weight excluding hydrogens is 258 g/mol. The number of benzene rings is 1. The van der Waals surface area contributed by atoms with E-state index < -0.39 is 4.92 Å². The number of para-hydroxylation sites is 1. The summed E-state index contributed by atoms with van der Waals surface area (Å²) in [6.07, 6.45) is 1.41. The minimum atomic E-state index is -0.509. The zero-order valence-electron chi connectivity index (χ0n) is 9.33. The third-order valence-electron chi connectivity index (χ3n) is 2.20. The van der Waals surface area contributed by atoms with E-state index in [1.165, 1.54) is 18.3 Å². The summed E-state index contributed by atoms with van der Waals surface area (Å²) in [6.45, 7) is 1.71. The molecule has 0 radical (unpaired) electrons. The Hall–Kier alpha value is -2.21. The van der Waals surface area contributed by atoms with Crippen LogP contribution in [0.1, 0.15) is 5.56 Å². The van der Waals surface area contributed by atoms with Crippen LogP contribution in [0.15, 0.2) is 30.5 Å². The second kappa shape index (κ2) is 4.97. The van der Waals surface area contributed by atoms with Crippen LogP contribution in [0.3, 0.4) is 0 Å². The van der Waals surface area contributed by atoms with Gasteiger partial charge in [0.05, 0.1) is 4.92 Å². The molecule has 0 bridgehead atoms. The molecule has 0 spiro atoms. The molecule has 0 amide bonds. The Labute approximate surface area is 107 Å². The Morgan fingerprint density at radius 3 is 2.83 bits per heavy atom. The lowest BCUT2D eigenvalue weighted by Crippen LogP contribution is -1.97. The summed E-state index contributed by atoms with van der Waals surface area (Å²) in [6, 6.07) is 6.14. The highest BCUT2D eigenvalue weighted by molar-refractivity contribution is 6.28. The number of aryl methyl sites for hydroxylation is 1. The first-order chi connectivity index (χ1) is 8.58. The van der Waals surface area contributed by atoms with Gasteiger partial charge in [0.25, 0.3) is 0 Å². The lowest BCUT2D eigenvalue weighted by atomic mass is 10.2. The minimum Gasteiger partial charge on any atom is -0.431 e. The molecule has 0 aliphatic rings. The zero-order valence-corrected chi connectivity index (χ0v) is 10.1. The maximum atomic E-state index is 10.9. The van der Waals surface area contributed by atoms with Gasteiger partial charge >= 0.3 is 5.69 Å². The average Bonchev–Trinajstić information content (AvgIpc) is 2.31. The highest BCUT2D eigenvalue weighted by Crippen LogP contribution is 2.33. The Morgan fingerprint density at radius 2 is 2.17 bits per heavy atom. The summed E-state index contributed by atoms with van der Waals surface area (Å²) in [5.74, 6) is 0.310. The number of nitro benzene ring substituents is 1. The maximum Gasteiger partial charge on any atom is 0.311 e. The van der Waals surface area contributed by atoms with E-state index in [0.717, 1.165) is 0 Å². The van der Waals surface area contributed by atoms with Crippen molar-refractivity contribution in [2.75, 3.05) is 0 Å². The SMILES string of the molecule is Cc1cccc([N+](=O)[O-])c1Oc1ccnc(Cl)n1. The van der Waals surface area contributed by atoms with Gasteiger partial charge in [-0.25, -0.2) is 4.98 Å². The smallest absolute Gasteiger partial charge is 0.311 e. The number of aromatic nitrogens is 2. The molecule has 0 aliphatic carbocycles. The summed E-state index contributed by atoms with van der Waals surface area (Å²) < 4.78 is 5.41. The van der Waals surface area contributed by atoms with E-state index in [0.29, 0.717) is 5.56 Å². The number of ether oxygens (including phenoxy) is 1. The molecule has 0 fully saturated rings. The molecule has 1 aromatic heterocycles. The van der Waals surface area contributed by atoms with Gasteiger partial charge in [-0.3, -0.25) is 10.1 Å². The Morgan fingerprint density at radius 1 is 1.39 bits per heavy atom. The molecule has 0 N–H and O–H groups in total. The molecule has 0 saturated carbocycles. The van der Waals surface area contributed by atoms with Gasteiger partial charge in [-0.05, 0) is 24.1 Å². The predicted octanol–water partition coefficient (Wildman–Crippen LogP) is 3.14. The quantitative estimate of drug-likeness (QED) is 0.484. The topological polar surface area (TPSA) is 78.2 Å². The monoisotopic (exact) mass is 265 g/mol. The van der Waals surface area contributed by atoms with E-state index in [4.69, 9.17) is 16.3 Å². The molecule has 2 aromatic rings. The summed E-state index contributed by atoms with van der Waals surface area (Å²) in [5, 5.41) is 10.9. The minimum absolute atomic E-state index is 0.0173. The van der Waals surface area contributed by atoms with E-state index in [1.54, 1.807) is 19.1 Å². The van der Waals surface area contributed by atoms with Gasteiger partial charge in [0, 0.05) is 18.3 Å². The fraction of sp³-hybridized carbons (Fsp3) is 0.0909. The van der Waals surface area contributed by atoms with E-state index in [-0.39, 0.29) is 22.6 Å². The highest BCUT2D eigenvalue weighted by atomic mass is 35.5. The number of hydrogen-bond acceptors (Lipinski definition) is 5. The van der Waals surface area contributed by atoms with E-state index in [1.807, 2.05) is 0 Å². The van der Waals surface area contributed by atoms with Gasteiger partial charge in [-0.1, -0.05) is 12.1 Å². The molecule has 0 saturated heterocycles. The van der Waals surface area contributed by atoms with Crippen molar-refractivity contribution in [3.63, 3.8) is 0 Å². The summed E-state index contributed by atoms with van der Waals surface area (Å²) in [7, 11) is 0. The first kappa shape index (κ1) is 12.3. The van der Waals surface area contributed by atoms with Crippen LogP contribution in [0.2, 0.25) is 5.28 Å². The number of hydrogen-bond donors (Lipinski definition) is 0. The summed E-state index contributed by atoms with van der Waals surface area (Å²) in [4.78, 5) is 17.9. The molecule has 1 aromatic carbocycles. The summed E-state index contributed by atoms with van der Waals surface area (Å²) >= 11 is 5.62. The van der Waals surface area contributed by atoms with Gasteiger partial charge in [-0.2, -0.15) is 4.98 Å². The third-order valence-corrected chi connectivity index (χ3v) is 2.38. The third kappa shape index (κ3) is 2.54. The van der Waals surface area contributed by atoms with Gasteiger partial charge in [-0.15, -0.1) is 0 Å². The normalized spacial score (nSPS) is 10.1. The van der Waals surface area contributed by atoms with E-state index in [2.05, 4.69) is 9.97 Å². The van der Waals surface area contributed by atoms with Crippen molar-refractivity contribution < 1.29 is 9.66 Å². The molecule has 18 heavy (non-hydrogen) atoms. The first-order valence-corrected chi connectivity index (χ1v) is 5.36. The van der Waals surface area contributed by atoms with Crippen molar-refractivity contribution >= 4 is 17.3 Å².